The van der Waals surface area contributed by atoms with Crippen molar-refractivity contribution in [3.05, 3.63) is 57.3 Å². The van der Waals surface area contributed by atoms with Crippen LogP contribution in [0.2, 0.25) is 0 Å². The normalized spacial score (nSPS) is 15.4. The Hall–Kier alpha value is -2.40. The number of carbonyl (C=O) groups excluding carboxylic acids is 1. The van der Waals surface area contributed by atoms with E-state index >= 15 is 0 Å². The van der Waals surface area contributed by atoms with Crippen molar-refractivity contribution in [2.45, 2.75) is 0 Å². The van der Waals surface area contributed by atoms with Crippen LogP contribution in [-0.4, -0.2) is 17.0 Å². The van der Waals surface area contributed by atoms with Gasteiger partial charge in [-0.05, 0) is 24.3 Å². The van der Waals surface area contributed by atoms with E-state index in [4.69, 9.17) is 9.84 Å². The second-order valence-electron chi connectivity index (χ2n) is 3.95. The second kappa shape index (κ2) is 4.37. The van der Waals surface area contributed by atoms with Crippen LogP contribution in [0.15, 0.2) is 36.4 Å². The maximum Gasteiger partial charge on any atom is 0.345 e. The van der Waals surface area contributed by atoms with Crippen LogP contribution in [-0.2, 0) is 4.74 Å². The third-order valence-electron chi connectivity index (χ3n) is 2.73. The number of thiophene rings is 1. The van der Waals surface area contributed by atoms with Crippen LogP contribution in [0.25, 0.3) is 11.8 Å². The van der Waals surface area contributed by atoms with E-state index in [2.05, 4.69) is 0 Å². The summed E-state index contributed by atoms with van der Waals surface area (Å²) in [4.78, 5) is 23.4. The SMILES string of the molecule is O=C(O)c1ccc(/C=C2\OC(=O)c3ccccc32)s1. The van der Waals surface area contributed by atoms with Crippen molar-refractivity contribution in [2.24, 2.45) is 0 Å². The molecule has 0 saturated carbocycles. The number of fused-ring (bicyclic) bond motifs is 1. The zero-order valence-corrected chi connectivity index (χ0v) is 10.4. The summed E-state index contributed by atoms with van der Waals surface area (Å²) in [6.45, 7) is 0. The first-order chi connectivity index (χ1) is 9.15. The summed E-state index contributed by atoms with van der Waals surface area (Å²) >= 11 is 1.14. The molecule has 1 aliphatic rings. The predicted molar refractivity (Wildman–Crippen MR) is 71.0 cm³/mol. The Morgan fingerprint density at radius 3 is 2.58 bits per heavy atom. The van der Waals surface area contributed by atoms with Crippen LogP contribution in [0.4, 0.5) is 0 Å². The van der Waals surface area contributed by atoms with Crippen molar-refractivity contribution in [1.82, 2.24) is 0 Å². The molecule has 0 spiro atoms. The van der Waals surface area contributed by atoms with Gasteiger partial charge in [-0.15, -0.1) is 11.3 Å². The molecule has 0 unspecified atom stereocenters. The molecule has 2 heterocycles. The molecule has 0 radical (unpaired) electrons. The summed E-state index contributed by atoms with van der Waals surface area (Å²) in [7, 11) is 0. The lowest BCUT2D eigenvalue weighted by Gasteiger charge is -1.96. The molecule has 1 aromatic carbocycles. The van der Waals surface area contributed by atoms with Gasteiger partial charge in [0.25, 0.3) is 0 Å². The van der Waals surface area contributed by atoms with E-state index in [0.717, 1.165) is 21.8 Å². The molecule has 5 heteroatoms. The van der Waals surface area contributed by atoms with Gasteiger partial charge < -0.3 is 9.84 Å². The maximum absolute atomic E-state index is 11.6. The van der Waals surface area contributed by atoms with E-state index in [9.17, 15) is 9.59 Å². The largest absolute Gasteiger partial charge is 0.477 e. The summed E-state index contributed by atoms with van der Waals surface area (Å²) in [6, 6.07) is 10.3. The predicted octanol–water partition coefficient (Wildman–Crippen LogP) is 3.11. The molecule has 0 atom stereocenters. The summed E-state index contributed by atoms with van der Waals surface area (Å²) in [5.74, 6) is -0.880. The van der Waals surface area contributed by atoms with E-state index in [1.165, 1.54) is 6.07 Å². The number of cyclic esters (lactones) is 1. The van der Waals surface area contributed by atoms with Crippen LogP contribution in [0.1, 0.15) is 30.5 Å². The Bertz CT molecular complexity index is 712. The molecule has 0 fully saturated rings. The smallest absolute Gasteiger partial charge is 0.345 e. The molecule has 0 saturated heterocycles. The van der Waals surface area contributed by atoms with E-state index in [1.807, 2.05) is 6.07 Å². The van der Waals surface area contributed by atoms with E-state index in [-0.39, 0.29) is 10.8 Å². The van der Waals surface area contributed by atoms with E-state index in [1.54, 1.807) is 30.3 Å². The third-order valence-corrected chi connectivity index (χ3v) is 3.75. The highest BCUT2D eigenvalue weighted by atomic mass is 32.1. The number of esters is 1. The molecule has 94 valence electrons. The van der Waals surface area contributed by atoms with Crippen molar-refractivity contribution < 1.29 is 19.4 Å². The molecule has 19 heavy (non-hydrogen) atoms. The van der Waals surface area contributed by atoms with Gasteiger partial charge in [0, 0.05) is 10.4 Å². The average Bonchev–Trinajstić information content (AvgIpc) is 2.97. The van der Waals surface area contributed by atoms with Gasteiger partial charge in [-0.2, -0.15) is 0 Å². The molecule has 0 aliphatic carbocycles. The number of benzene rings is 1. The third kappa shape index (κ3) is 2.04. The second-order valence-corrected chi connectivity index (χ2v) is 5.07. The number of hydrogen-bond donors (Lipinski definition) is 1. The molecule has 1 aromatic heterocycles. The van der Waals surface area contributed by atoms with Gasteiger partial charge in [0.1, 0.15) is 10.6 Å². The Morgan fingerprint density at radius 2 is 1.89 bits per heavy atom. The Kier molecular flexibility index (Phi) is 2.68. The van der Waals surface area contributed by atoms with E-state index in [0.29, 0.717) is 11.3 Å². The number of ether oxygens (including phenoxy) is 1. The lowest BCUT2D eigenvalue weighted by Crippen LogP contribution is -1.92. The number of carboxylic acids is 1. The molecule has 0 bridgehead atoms. The van der Waals surface area contributed by atoms with Crippen molar-refractivity contribution >= 4 is 35.1 Å². The van der Waals surface area contributed by atoms with Crippen molar-refractivity contribution in [1.29, 1.82) is 0 Å². The summed E-state index contributed by atoms with van der Waals surface area (Å²) in [5.41, 5.74) is 1.27. The Balaban J connectivity index is 2.01. The fourth-order valence-corrected chi connectivity index (χ4v) is 2.65. The lowest BCUT2D eigenvalue weighted by atomic mass is 10.1. The lowest BCUT2D eigenvalue weighted by molar-refractivity contribution is 0.0696. The highest BCUT2D eigenvalue weighted by Crippen LogP contribution is 2.32. The minimum atomic E-state index is -0.960. The van der Waals surface area contributed by atoms with Gasteiger partial charge in [-0.3, -0.25) is 0 Å². The van der Waals surface area contributed by atoms with Gasteiger partial charge in [-0.1, -0.05) is 18.2 Å². The van der Waals surface area contributed by atoms with Crippen molar-refractivity contribution in [2.75, 3.05) is 0 Å². The fraction of sp³-hybridized carbons (Fsp3) is 0. The first-order valence-corrected chi connectivity index (χ1v) is 6.33. The topological polar surface area (TPSA) is 63.6 Å². The molecule has 1 N–H and O–H groups in total. The Labute approximate surface area is 112 Å². The van der Waals surface area contributed by atoms with Gasteiger partial charge in [0.15, 0.2) is 0 Å². The number of rotatable bonds is 2. The summed E-state index contributed by atoms with van der Waals surface area (Å²) in [6.07, 6.45) is 1.68. The molecule has 3 rings (SSSR count). The van der Waals surface area contributed by atoms with Gasteiger partial charge in [0.05, 0.1) is 5.56 Å². The van der Waals surface area contributed by atoms with Crippen molar-refractivity contribution in [3.8, 4) is 0 Å². The van der Waals surface area contributed by atoms with Crippen LogP contribution in [0.3, 0.4) is 0 Å². The molecule has 1 aliphatic heterocycles. The molecular weight excluding hydrogens is 264 g/mol. The van der Waals surface area contributed by atoms with Gasteiger partial charge >= 0.3 is 11.9 Å². The zero-order valence-electron chi connectivity index (χ0n) is 9.62. The number of hydrogen-bond acceptors (Lipinski definition) is 4. The fourth-order valence-electron chi connectivity index (χ4n) is 1.87. The minimum absolute atomic E-state index is 0.254. The molecular formula is C14H8O4S. The first-order valence-electron chi connectivity index (χ1n) is 5.51. The van der Waals surface area contributed by atoms with Gasteiger partial charge in [-0.25, -0.2) is 9.59 Å². The Morgan fingerprint density at radius 1 is 1.16 bits per heavy atom. The summed E-state index contributed by atoms with van der Waals surface area (Å²) < 4.78 is 5.19. The van der Waals surface area contributed by atoms with Gasteiger partial charge in [0.2, 0.25) is 0 Å². The number of aromatic carboxylic acids is 1. The monoisotopic (exact) mass is 272 g/mol. The highest BCUT2D eigenvalue weighted by Gasteiger charge is 2.25. The van der Waals surface area contributed by atoms with E-state index < -0.39 is 5.97 Å². The minimum Gasteiger partial charge on any atom is -0.477 e. The standard InChI is InChI=1S/C14H8O4S/c15-13(16)12-6-5-8(19-12)7-11-9-3-1-2-4-10(9)14(17)18-11/h1-7H,(H,15,16)/b11-7-. The zero-order chi connectivity index (χ0) is 13.4. The van der Waals surface area contributed by atoms with Crippen LogP contribution < -0.4 is 0 Å². The average molecular weight is 272 g/mol. The highest BCUT2D eigenvalue weighted by molar-refractivity contribution is 7.14. The van der Waals surface area contributed by atoms with Crippen molar-refractivity contribution in [3.63, 3.8) is 0 Å². The van der Waals surface area contributed by atoms with Crippen LogP contribution in [0.5, 0.6) is 0 Å². The number of carboxylic acid groups (broad SMARTS) is 1. The molecule has 4 nitrogen and oxygen atoms in total. The quantitative estimate of drug-likeness (QED) is 0.853. The first kappa shape index (κ1) is 11.7. The molecule has 0 amide bonds. The number of carbonyl (C=O) groups is 2. The summed E-state index contributed by atoms with van der Waals surface area (Å²) in [5, 5.41) is 8.86. The maximum atomic E-state index is 11.6. The molecule has 2 aromatic rings. The van der Waals surface area contributed by atoms with Crippen LogP contribution in [0, 0.1) is 0 Å². The van der Waals surface area contributed by atoms with Crippen LogP contribution >= 0.6 is 11.3 Å².